The molecule has 48 heavy (non-hydrogen) atoms. The molecule has 0 bridgehead atoms. The van der Waals surface area contributed by atoms with Crippen molar-refractivity contribution in [1.82, 2.24) is 0 Å². The molecule has 0 saturated carbocycles. The molecule has 1 unspecified atom stereocenters. The van der Waals surface area contributed by atoms with Gasteiger partial charge in [0, 0.05) is 12.1 Å². The van der Waals surface area contributed by atoms with Gasteiger partial charge in [-0.05, 0) is 42.3 Å². The number of ether oxygens (including phenoxy) is 2. The summed E-state index contributed by atoms with van der Waals surface area (Å²) in [5.41, 5.74) is -4.11. The molecule has 0 saturated heterocycles. The molecule has 17 heteroatoms. The highest BCUT2D eigenvalue weighted by atomic mass is 19.4. The first-order valence-corrected chi connectivity index (χ1v) is 13.7. The fourth-order valence-corrected chi connectivity index (χ4v) is 5.00. The lowest BCUT2D eigenvalue weighted by Crippen LogP contribution is -2.71. The fraction of sp³-hybridized carbons (Fsp3) is 0.387. The van der Waals surface area contributed by atoms with E-state index in [0.29, 0.717) is 0 Å². The molecular weight excluding hydrogens is 681 g/mol. The lowest BCUT2D eigenvalue weighted by molar-refractivity contribution is -0.440. The Morgan fingerprint density at radius 1 is 0.646 bits per heavy atom. The van der Waals surface area contributed by atoms with Crippen LogP contribution < -0.4 is 10.1 Å². The molecule has 3 aromatic rings. The molecule has 0 fully saturated rings. The number of esters is 1. The smallest absolute Gasteiger partial charge is 0.460 e. The van der Waals surface area contributed by atoms with Gasteiger partial charge in [-0.3, -0.25) is 0 Å². The standard InChI is InChI=1S/C31H26F13NO3/c1-3-48-24(46)23(45-21-14-16-22(47-2)17-15-21)25(19-10-6-4-7-11-19,20-12-8-5-9-13-20)18-26(32,33)27(34,35)28(36,37)29(38,39)30(40,41)31(42,43)44/h4-17,23,45H,3,18H2,1-2H3. The third-order valence-electron chi connectivity index (χ3n) is 7.49. The molecule has 3 rings (SSSR count). The third kappa shape index (κ3) is 6.46. The minimum Gasteiger partial charge on any atom is -0.497 e. The molecule has 264 valence electrons. The molecule has 0 heterocycles. The van der Waals surface area contributed by atoms with Crippen molar-refractivity contribution in [2.24, 2.45) is 0 Å². The van der Waals surface area contributed by atoms with E-state index in [4.69, 9.17) is 9.47 Å². The van der Waals surface area contributed by atoms with Gasteiger partial charge in [-0.15, -0.1) is 0 Å². The Hall–Kier alpha value is -4.18. The number of carbonyl (C=O) groups excluding carboxylic acids is 1. The Bertz CT molecular complexity index is 1470. The molecule has 0 aliphatic rings. The third-order valence-corrected chi connectivity index (χ3v) is 7.49. The summed E-state index contributed by atoms with van der Waals surface area (Å²) in [6.45, 7) is 0.809. The summed E-state index contributed by atoms with van der Waals surface area (Å²) in [7, 11) is 1.28. The van der Waals surface area contributed by atoms with Crippen molar-refractivity contribution < 1.29 is 71.3 Å². The molecule has 4 nitrogen and oxygen atoms in total. The molecule has 1 atom stereocenters. The highest BCUT2D eigenvalue weighted by Crippen LogP contribution is 2.62. The van der Waals surface area contributed by atoms with Gasteiger partial charge >= 0.3 is 41.8 Å². The van der Waals surface area contributed by atoms with Crippen molar-refractivity contribution in [2.75, 3.05) is 19.0 Å². The van der Waals surface area contributed by atoms with E-state index < -0.39 is 77.4 Å². The SMILES string of the molecule is CCOC(=O)C(Nc1ccc(OC)cc1)C(CC(F)(F)C(F)(F)C(F)(F)C(F)(F)C(F)(F)C(F)(F)F)(c1ccccc1)c1ccccc1. The molecule has 1 N–H and O–H groups in total. The summed E-state index contributed by atoms with van der Waals surface area (Å²) in [4.78, 5) is 13.6. The quantitative estimate of drug-likeness (QED) is 0.134. The van der Waals surface area contributed by atoms with Crippen LogP contribution in [-0.4, -0.2) is 61.5 Å². The number of hydrogen-bond donors (Lipinski definition) is 1. The van der Waals surface area contributed by atoms with Crippen molar-refractivity contribution in [3.05, 3.63) is 96.1 Å². The molecule has 0 spiro atoms. The number of rotatable bonds is 14. The number of halogens is 13. The van der Waals surface area contributed by atoms with Gasteiger partial charge in [0.25, 0.3) is 0 Å². The van der Waals surface area contributed by atoms with Gasteiger partial charge in [-0.2, -0.15) is 57.1 Å². The van der Waals surface area contributed by atoms with Gasteiger partial charge in [-0.1, -0.05) is 60.7 Å². The minimum atomic E-state index is -8.09. The van der Waals surface area contributed by atoms with Crippen LogP contribution in [0.3, 0.4) is 0 Å². The number of methoxy groups -OCH3 is 1. The number of anilines is 1. The normalized spacial score (nSPS) is 14.3. The van der Waals surface area contributed by atoms with Crippen molar-refractivity contribution in [1.29, 1.82) is 0 Å². The lowest BCUT2D eigenvalue weighted by atomic mass is 9.64. The first kappa shape index (κ1) is 38.3. The van der Waals surface area contributed by atoms with E-state index in [0.717, 1.165) is 48.5 Å². The Morgan fingerprint density at radius 2 is 1.08 bits per heavy atom. The zero-order chi connectivity index (χ0) is 36.4. The molecule has 0 aromatic heterocycles. The summed E-state index contributed by atoms with van der Waals surface area (Å²) < 4.78 is 196. The van der Waals surface area contributed by atoms with Crippen molar-refractivity contribution >= 4 is 11.7 Å². The van der Waals surface area contributed by atoms with Crippen LogP contribution in [0.1, 0.15) is 24.5 Å². The number of hydrogen-bond acceptors (Lipinski definition) is 4. The zero-order valence-electron chi connectivity index (χ0n) is 24.7. The predicted molar refractivity (Wildman–Crippen MR) is 146 cm³/mol. The first-order valence-electron chi connectivity index (χ1n) is 13.7. The highest BCUT2D eigenvalue weighted by Gasteiger charge is 2.91. The Morgan fingerprint density at radius 3 is 1.48 bits per heavy atom. The highest BCUT2D eigenvalue weighted by molar-refractivity contribution is 5.83. The maximum Gasteiger partial charge on any atom is 0.460 e. The average Bonchev–Trinajstić information content (AvgIpc) is 3.03. The van der Waals surface area contributed by atoms with Gasteiger partial charge in [0.2, 0.25) is 0 Å². The largest absolute Gasteiger partial charge is 0.497 e. The van der Waals surface area contributed by atoms with Crippen molar-refractivity contribution in [2.45, 2.75) is 60.6 Å². The summed E-state index contributed by atoms with van der Waals surface area (Å²) in [6, 6.07) is 14.0. The second kappa shape index (κ2) is 13.4. The van der Waals surface area contributed by atoms with Crippen LogP contribution in [0.5, 0.6) is 5.75 Å². The number of alkyl halides is 13. The molecule has 3 aromatic carbocycles. The second-order valence-electron chi connectivity index (χ2n) is 10.4. The van der Waals surface area contributed by atoms with Gasteiger partial charge in [0.05, 0.1) is 19.1 Å². The first-order chi connectivity index (χ1) is 22.0. The van der Waals surface area contributed by atoms with Crippen LogP contribution in [0.15, 0.2) is 84.9 Å². The Labute approximate surface area is 264 Å². The Balaban J connectivity index is 2.39. The van der Waals surface area contributed by atoms with Crippen LogP contribution in [0.2, 0.25) is 0 Å². The maximum absolute atomic E-state index is 15.9. The number of nitrogens with one attached hydrogen (secondary N) is 1. The zero-order valence-corrected chi connectivity index (χ0v) is 24.7. The topological polar surface area (TPSA) is 47.6 Å². The van der Waals surface area contributed by atoms with E-state index in [2.05, 4.69) is 5.32 Å². The van der Waals surface area contributed by atoms with E-state index in [9.17, 15) is 44.3 Å². The van der Waals surface area contributed by atoms with E-state index >= 15 is 17.6 Å². The van der Waals surface area contributed by atoms with Crippen LogP contribution in [0, 0.1) is 0 Å². The Kier molecular flexibility index (Phi) is 10.7. The van der Waals surface area contributed by atoms with Crippen LogP contribution in [-0.2, 0) is 14.9 Å². The number of carbonyl (C=O) groups is 1. The van der Waals surface area contributed by atoms with E-state index in [1.54, 1.807) is 0 Å². The van der Waals surface area contributed by atoms with Crippen LogP contribution >= 0.6 is 0 Å². The monoisotopic (exact) mass is 707 g/mol. The van der Waals surface area contributed by atoms with Crippen molar-refractivity contribution in [3.63, 3.8) is 0 Å². The van der Waals surface area contributed by atoms with Gasteiger partial charge in [-0.25, -0.2) is 4.79 Å². The maximum atomic E-state index is 15.9. The molecule has 0 amide bonds. The second-order valence-corrected chi connectivity index (χ2v) is 10.4. The molecule has 0 aliphatic carbocycles. The molecule has 0 aliphatic heterocycles. The van der Waals surface area contributed by atoms with E-state index in [1.165, 1.54) is 50.4 Å². The van der Waals surface area contributed by atoms with Gasteiger partial charge in [0.1, 0.15) is 11.8 Å². The van der Waals surface area contributed by atoms with E-state index in [-0.39, 0.29) is 11.4 Å². The predicted octanol–water partition coefficient (Wildman–Crippen LogP) is 9.15. The van der Waals surface area contributed by atoms with Crippen LogP contribution in [0.4, 0.5) is 62.8 Å². The minimum absolute atomic E-state index is 0.0955. The summed E-state index contributed by atoms with van der Waals surface area (Å²) in [6.07, 6.45) is -10.3. The summed E-state index contributed by atoms with van der Waals surface area (Å²) in [5, 5.41) is 2.53. The summed E-state index contributed by atoms with van der Waals surface area (Å²) in [5.74, 6) is -39.4. The lowest BCUT2D eigenvalue weighted by Gasteiger charge is -2.46. The van der Waals surface area contributed by atoms with Crippen molar-refractivity contribution in [3.8, 4) is 5.75 Å². The van der Waals surface area contributed by atoms with Gasteiger partial charge in [0.15, 0.2) is 0 Å². The summed E-state index contributed by atoms with van der Waals surface area (Å²) >= 11 is 0. The van der Waals surface area contributed by atoms with Gasteiger partial charge < -0.3 is 14.8 Å². The molecular formula is C31H26F13NO3. The number of benzene rings is 3. The molecule has 0 radical (unpaired) electrons. The average molecular weight is 708 g/mol. The van der Waals surface area contributed by atoms with Crippen LogP contribution in [0.25, 0.3) is 0 Å². The van der Waals surface area contributed by atoms with E-state index in [1.807, 2.05) is 0 Å². The fourth-order valence-electron chi connectivity index (χ4n) is 5.00.